The summed E-state index contributed by atoms with van der Waals surface area (Å²) in [5, 5.41) is 0. The Bertz CT molecular complexity index is 519. The molecule has 0 aromatic heterocycles. The lowest BCUT2D eigenvalue weighted by Gasteiger charge is -2.31. The maximum absolute atomic E-state index is 11.7. The zero-order valence-electron chi connectivity index (χ0n) is 11.7. The van der Waals surface area contributed by atoms with Crippen molar-refractivity contribution in [3.63, 3.8) is 0 Å². The SMILES string of the molecule is Cc1ccccc1C(NS(C)(=O)=O)C1CCCCC1. The van der Waals surface area contributed by atoms with Crippen LogP contribution in [0.1, 0.15) is 49.3 Å². The molecule has 19 heavy (non-hydrogen) atoms. The molecule has 0 spiro atoms. The Morgan fingerprint density at radius 3 is 2.37 bits per heavy atom. The quantitative estimate of drug-likeness (QED) is 0.921. The maximum atomic E-state index is 11.7. The molecule has 1 aromatic carbocycles. The van der Waals surface area contributed by atoms with Gasteiger partial charge in [-0.2, -0.15) is 0 Å². The molecule has 2 rings (SSSR count). The van der Waals surface area contributed by atoms with E-state index in [1.165, 1.54) is 25.5 Å². The van der Waals surface area contributed by atoms with E-state index < -0.39 is 10.0 Å². The molecule has 1 aliphatic carbocycles. The zero-order chi connectivity index (χ0) is 13.9. The molecule has 1 unspecified atom stereocenters. The molecule has 1 N–H and O–H groups in total. The summed E-state index contributed by atoms with van der Waals surface area (Å²) in [6, 6.07) is 8.01. The third-order valence-electron chi connectivity index (χ3n) is 3.99. The van der Waals surface area contributed by atoms with Gasteiger partial charge in [0, 0.05) is 6.04 Å². The predicted molar refractivity (Wildman–Crippen MR) is 78.5 cm³/mol. The Balaban J connectivity index is 2.30. The monoisotopic (exact) mass is 281 g/mol. The third kappa shape index (κ3) is 4.05. The highest BCUT2D eigenvalue weighted by atomic mass is 32.2. The van der Waals surface area contributed by atoms with Gasteiger partial charge in [-0.3, -0.25) is 0 Å². The van der Waals surface area contributed by atoms with Gasteiger partial charge in [0.2, 0.25) is 10.0 Å². The molecule has 0 amide bonds. The summed E-state index contributed by atoms with van der Waals surface area (Å²) in [4.78, 5) is 0. The number of hydrogen-bond donors (Lipinski definition) is 1. The summed E-state index contributed by atoms with van der Waals surface area (Å²) in [6.07, 6.45) is 7.16. The first-order valence-electron chi connectivity index (χ1n) is 7.00. The smallest absolute Gasteiger partial charge is 0.209 e. The lowest BCUT2D eigenvalue weighted by atomic mass is 9.80. The van der Waals surface area contributed by atoms with Crippen molar-refractivity contribution in [2.24, 2.45) is 5.92 Å². The van der Waals surface area contributed by atoms with Gasteiger partial charge in [-0.25, -0.2) is 13.1 Å². The topological polar surface area (TPSA) is 46.2 Å². The van der Waals surface area contributed by atoms with Crippen LogP contribution in [0.25, 0.3) is 0 Å². The Morgan fingerprint density at radius 2 is 1.79 bits per heavy atom. The first-order chi connectivity index (χ1) is 8.97. The van der Waals surface area contributed by atoms with Crippen molar-refractivity contribution in [2.75, 3.05) is 6.26 Å². The summed E-state index contributed by atoms with van der Waals surface area (Å²) >= 11 is 0. The molecule has 0 aliphatic heterocycles. The molecule has 0 saturated heterocycles. The van der Waals surface area contributed by atoms with Crippen LogP contribution in [-0.4, -0.2) is 14.7 Å². The predicted octanol–water partition coefficient (Wildman–Crippen LogP) is 3.17. The standard InChI is InChI=1S/C15H23NO2S/c1-12-8-6-7-11-14(12)15(16-19(2,17)18)13-9-4-3-5-10-13/h6-8,11,13,15-16H,3-5,9-10H2,1-2H3. The van der Waals surface area contributed by atoms with E-state index in [1.54, 1.807) is 0 Å². The minimum absolute atomic E-state index is 0.0727. The molecule has 1 aromatic rings. The largest absolute Gasteiger partial charge is 0.213 e. The molecule has 1 fully saturated rings. The molecular weight excluding hydrogens is 258 g/mol. The molecular formula is C15H23NO2S. The lowest BCUT2D eigenvalue weighted by Crippen LogP contribution is -2.34. The van der Waals surface area contributed by atoms with Crippen molar-refractivity contribution in [1.29, 1.82) is 0 Å². The van der Waals surface area contributed by atoms with Gasteiger partial charge in [0.05, 0.1) is 6.26 Å². The maximum Gasteiger partial charge on any atom is 0.209 e. The Morgan fingerprint density at radius 1 is 1.16 bits per heavy atom. The number of sulfonamides is 1. The van der Waals surface area contributed by atoms with Crippen LogP contribution in [0.15, 0.2) is 24.3 Å². The minimum Gasteiger partial charge on any atom is -0.213 e. The lowest BCUT2D eigenvalue weighted by molar-refractivity contribution is 0.293. The molecule has 3 nitrogen and oxygen atoms in total. The van der Waals surface area contributed by atoms with Crippen molar-refractivity contribution in [2.45, 2.75) is 45.1 Å². The highest BCUT2D eigenvalue weighted by molar-refractivity contribution is 7.88. The zero-order valence-corrected chi connectivity index (χ0v) is 12.5. The summed E-state index contributed by atoms with van der Waals surface area (Å²) < 4.78 is 26.2. The average Bonchev–Trinajstić information content (AvgIpc) is 2.37. The normalized spacial score (nSPS) is 19.3. The molecule has 4 heteroatoms. The Kier molecular flexibility index (Phi) is 4.63. The molecule has 1 aliphatic rings. The summed E-state index contributed by atoms with van der Waals surface area (Å²) in [5.41, 5.74) is 2.29. The number of nitrogens with one attached hydrogen (secondary N) is 1. The Labute approximate surface area is 116 Å². The van der Waals surface area contributed by atoms with Gasteiger partial charge in [0.1, 0.15) is 0 Å². The second-order valence-electron chi connectivity index (χ2n) is 5.62. The van der Waals surface area contributed by atoms with Crippen LogP contribution in [0.3, 0.4) is 0 Å². The van der Waals surface area contributed by atoms with E-state index >= 15 is 0 Å². The minimum atomic E-state index is -3.19. The highest BCUT2D eigenvalue weighted by Crippen LogP contribution is 2.35. The van der Waals surface area contributed by atoms with E-state index in [0.717, 1.165) is 24.0 Å². The van der Waals surface area contributed by atoms with Crippen molar-refractivity contribution >= 4 is 10.0 Å². The van der Waals surface area contributed by atoms with Gasteiger partial charge in [-0.15, -0.1) is 0 Å². The van der Waals surface area contributed by atoms with Crippen molar-refractivity contribution in [1.82, 2.24) is 4.72 Å². The fraction of sp³-hybridized carbons (Fsp3) is 0.600. The van der Waals surface area contributed by atoms with Crippen molar-refractivity contribution < 1.29 is 8.42 Å². The second kappa shape index (κ2) is 6.06. The van der Waals surface area contributed by atoms with E-state index in [4.69, 9.17) is 0 Å². The molecule has 0 radical (unpaired) electrons. The molecule has 0 bridgehead atoms. The Hall–Kier alpha value is -0.870. The van der Waals surface area contributed by atoms with E-state index in [2.05, 4.69) is 17.7 Å². The van der Waals surface area contributed by atoms with Gasteiger partial charge < -0.3 is 0 Å². The summed E-state index contributed by atoms with van der Waals surface area (Å²) in [7, 11) is -3.19. The van der Waals surface area contributed by atoms with Crippen molar-refractivity contribution in [3.05, 3.63) is 35.4 Å². The average molecular weight is 281 g/mol. The number of benzene rings is 1. The first-order valence-corrected chi connectivity index (χ1v) is 8.89. The van der Waals surface area contributed by atoms with Crippen LogP contribution in [0.2, 0.25) is 0 Å². The highest BCUT2D eigenvalue weighted by Gasteiger charge is 2.28. The summed E-state index contributed by atoms with van der Waals surface area (Å²) in [6.45, 7) is 2.05. The van der Waals surface area contributed by atoms with E-state index in [0.29, 0.717) is 5.92 Å². The fourth-order valence-corrected chi connectivity index (χ4v) is 3.83. The van der Waals surface area contributed by atoms with E-state index in [9.17, 15) is 8.42 Å². The molecule has 1 saturated carbocycles. The third-order valence-corrected chi connectivity index (χ3v) is 4.67. The van der Waals surface area contributed by atoms with E-state index in [1.807, 2.05) is 18.2 Å². The van der Waals surface area contributed by atoms with Gasteiger partial charge in [0.25, 0.3) is 0 Å². The van der Waals surface area contributed by atoms with Gasteiger partial charge in [0.15, 0.2) is 0 Å². The van der Waals surface area contributed by atoms with Gasteiger partial charge in [-0.1, -0.05) is 43.5 Å². The van der Waals surface area contributed by atoms with Crippen LogP contribution < -0.4 is 4.72 Å². The fourth-order valence-electron chi connectivity index (χ4n) is 3.05. The van der Waals surface area contributed by atoms with Gasteiger partial charge in [-0.05, 0) is 36.8 Å². The number of aryl methyl sites for hydroxylation is 1. The van der Waals surface area contributed by atoms with Crippen LogP contribution in [0.5, 0.6) is 0 Å². The molecule has 1 atom stereocenters. The van der Waals surface area contributed by atoms with E-state index in [-0.39, 0.29) is 6.04 Å². The van der Waals surface area contributed by atoms with Crippen LogP contribution >= 0.6 is 0 Å². The number of rotatable bonds is 4. The molecule has 0 heterocycles. The van der Waals surface area contributed by atoms with Gasteiger partial charge >= 0.3 is 0 Å². The van der Waals surface area contributed by atoms with Crippen LogP contribution in [0, 0.1) is 12.8 Å². The van der Waals surface area contributed by atoms with Crippen molar-refractivity contribution in [3.8, 4) is 0 Å². The number of hydrogen-bond acceptors (Lipinski definition) is 2. The first kappa shape index (κ1) is 14.5. The van der Waals surface area contributed by atoms with Crippen LogP contribution in [-0.2, 0) is 10.0 Å². The molecule has 106 valence electrons. The van der Waals surface area contributed by atoms with Crippen LogP contribution in [0.4, 0.5) is 0 Å². The second-order valence-corrected chi connectivity index (χ2v) is 7.40. The summed E-state index contributed by atoms with van der Waals surface area (Å²) in [5.74, 6) is 0.421.